The molecule has 0 amide bonds. The van der Waals surface area contributed by atoms with Crippen LogP contribution in [-0.4, -0.2) is 36.4 Å². The maximum Gasteiger partial charge on any atom is 0.190 e. The van der Waals surface area contributed by atoms with Crippen LogP contribution in [0.5, 0.6) is 0 Å². The molecule has 92 valence electrons. The Morgan fingerprint density at radius 2 is 2.29 bits per heavy atom. The van der Waals surface area contributed by atoms with Crippen LogP contribution in [0.25, 0.3) is 0 Å². The smallest absolute Gasteiger partial charge is 0.190 e. The van der Waals surface area contributed by atoms with Crippen molar-refractivity contribution in [3.05, 3.63) is 22.7 Å². The van der Waals surface area contributed by atoms with Crippen LogP contribution in [0.2, 0.25) is 5.15 Å². The molecule has 0 fully saturated rings. The van der Waals surface area contributed by atoms with E-state index in [1.54, 1.807) is 12.1 Å². The van der Waals surface area contributed by atoms with Crippen molar-refractivity contribution in [2.45, 2.75) is 11.2 Å². The molecule has 2 heterocycles. The van der Waals surface area contributed by atoms with Gasteiger partial charge in [-0.3, -0.25) is 0 Å². The third-order valence-electron chi connectivity index (χ3n) is 2.12. The second-order valence-electron chi connectivity index (χ2n) is 3.47. The molecule has 0 aromatic carbocycles. The SMILES string of the molecule is CSc1nc(Cl)cc(NC2C=CS(=O)(=O)C2)n1. The molecule has 0 bridgehead atoms. The van der Waals surface area contributed by atoms with Crippen molar-refractivity contribution in [3.63, 3.8) is 0 Å². The van der Waals surface area contributed by atoms with Crippen LogP contribution < -0.4 is 5.32 Å². The summed E-state index contributed by atoms with van der Waals surface area (Å²) in [6.07, 6.45) is 3.44. The standard InChI is InChI=1S/C9H10ClN3O2S2/c1-16-9-12-7(10)4-8(13-9)11-6-2-3-17(14,15)5-6/h2-4,6H,5H2,1H3,(H,11,12,13). The molecule has 0 saturated carbocycles. The molecule has 0 saturated heterocycles. The number of nitrogens with one attached hydrogen (secondary N) is 1. The third kappa shape index (κ3) is 3.34. The molecular weight excluding hydrogens is 282 g/mol. The summed E-state index contributed by atoms with van der Waals surface area (Å²) in [5.74, 6) is 0.574. The fourth-order valence-electron chi connectivity index (χ4n) is 1.42. The lowest BCUT2D eigenvalue weighted by Crippen LogP contribution is -2.21. The van der Waals surface area contributed by atoms with Crippen molar-refractivity contribution in [2.24, 2.45) is 0 Å². The lowest BCUT2D eigenvalue weighted by atomic mass is 10.3. The molecule has 0 radical (unpaired) electrons. The summed E-state index contributed by atoms with van der Waals surface area (Å²) in [5.41, 5.74) is 0. The van der Waals surface area contributed by atoms with Gasteiger partial charge in [-0.1, -0.05) is 23.4 Å². The monoisotopic (exact) mass is 291 g/mol. The van der Waals surface area contributed by atoms with Crippen molar-refractivity contribution in [3.8, 4) is 0 Å². The number of thioether (sulfide) groups is 1. The summed E-state index contributed by atoms with van der Waals surface area (Å²) < 4.78 is 22.5. The van der Waals surface area contributed by atoms with Crippen LogP contribution in [-0.2, 0) is 9.84 Å². The van der Waals surface area contributed by atoms with Crippen molar-refractivity contribution >= 4 is 39.0 Å². The summed E-state index contributed by atoms with van der Waals surface area (Å²) in [5, 5.41) is 5.08. The van der Waals surface area contributed by atoms with Gasteiger partial charge in [-0.2, -0.15) is 0 Å². The Balaban J connectivity index is 2.15. The zero-order valence-electron chi connectivity index (χ0n) is 8.92. The van der Waals surface area contributed by atoms with Gasteiger partial charge in [-0.25, -0.2) is 18.4 Å². The number of sulfone groups is 1. The van der Waals surface area contributed by atoms with Crippen molar-refractivity contribution in [1.29, 1.82) is 0 Å². The second kappa shape index (κ2) is 4.83. The molecule has 2 rings (SSSR count). The van der Waals surface area contributed by atoms with Crippen molar-refractivity contribution < 1.29 is 8.42 Å². The first kappa shape index (κ1) is 12.7. The van der Waals surface area contributed by atoms with Gasteiger partial charge in [0.05, 0.1) is 11.8 Å². The predicted octanol–water partition coefficient (Wildman–Crippen LogP) is 1.57. The number of aromatic nitrogens is 2. The molecule has 0 spiro atoms. The van der Waals surface area contributed by atoms with Gasteiger partial charge in [0.1, 0.15) is 11.0 Å². The molecule has 8 heteroatoms. The Hall–Kier alpha value is -0.790. The van der Waals surface area contributed by atoms with Gasteiger partial charge in [0, 0.05) is 11.5 Å². The van der Waals surface area contributed by atoms with Crippen LogP contribution in [0, 0.1) is 0 Å². The largest absolute Gasteiger partial charge is 0.363 e. The van der Waals surface area contributed by atoms with Gasteiger partial charge >= 0.3 is 0 Å². The molecule has 1 aliphatic heterocycles. The number of rotatable bonds is 3. The predicted molar refractivity (Wildman–Crippen MR) is 69.2 cm³/mol. The molecule has 1 aromatic heterocycles. The molecule has 1 unspecified atom stereocenters. The Kier molecular flexibility index (Phi) is 3.60. The minimum atomic E-state index is -3.07. The minimum Gasteiger partial charge on any atom is -0.363 e. The zero-order valence-corrected chi connectivity index (χ0v) is 11.3. The van der Waals surface area contributed by atoms with E-state index in [0.29, 0.717) is 16.1 Å². The second-order valence-corrected chi connectivity index (χ2v) is 6.56. The fourth-order valence-corrected chi connectivity index (χ4v) is 3.27. The van der Waals surface area contributed by atoms with Crippen molar-refractivity contribution in [2.75, 3.05) is 17.3 Å². The van der Waals surface area contributed by atoms with Gasteiger partial charge in [-0.15, -0.1) is 0 Å². The van der Waals surface area contributed by atoms with Gasteiger partial charge < -0.3 is 5.32 Å². The van der Waals surface area contributed by atoms with Crippen LogP contribution in [0.3, 0.4) is 0 Å². The topological polar surface area (TPSA) is 72.0 Å². The molecular formula is C9H10ClN3O2S2. The Labute approximate surface area is 109 Å². The first-order chi connectivity index (χ1) is 7.98. The highest BCUT2D eigenvalue weighted by Gasteiger charge is 2.21. The first-order valence-corrected chi connectivity index (χ1v) is 8.06. The van der Waals surface area contributed by atoms with Crippen LogP contribution in [0.4, 0.5) is 5.82 Å². The van der Waals surface area contributed by atoms with E-state index in [2.05, 4.69) is 15.3 Å². The third-order valence-corrected chi connectivity index (χ3v) is 4.26. The van der Waals surface area contributed by atoms with E-state index in [1.165, 1.54) is 17.2 Å². The van der Waals surface area contributed by atoms with Gasteiger partial charge in [-0.05, 0) is 12.3 Å². The van der Waals surface area contributed by atoms with Crippen molar-refractivity contribution in [1.82, 2.24) is 9.97 Å². The summed E-state index contributed by atoms with van der Waals surface area (Å²) >= 11 is 7.20. The molecule has 1 aromatic rings. The Bertz CT molecular complexity index is 559. The lowest BCUT2D eigenvalue weighted by molar-refractivity contribution is 0.605. The average Bonchev–Trinajstić information content (AvgIpc) is 2.57. The van der Waals surface area contributed by atoms with Crippen LogP contribution in [0.1, 0.15) is 0 Å². The summed E-state index contributed by atoms with van der Waals surface area (Å²) in [4.78, 5) is 8.19. The number of nitrogens with zero attached hydrogens (tertiary/aromatic N) is 2. The number of hydrogen-bond donors (Lipinski definition) is 1. The van der Waals surface area contributed by atoms with Gasteiger partial charge in [0.25, 0.3) is 0 Å². The number of halogens is 1. The Morgan fingerprint density at radius 1 is 1.53 bits per heavy atom. The van der Waals surface area contributed by atoms with Gasteiger partial charge in [0.2, 0.25) is 0 Å². The zero-order chi connectivity index (χ0) is 12.5. The molecule has 17 heavy (non-hydrogen) atoms. The van der Waals surface area contributed by atoms with E-state index in [1.807, 2.05) is 6.26 Å². The van der Waals surface area contributed by atoms with E-state index < -0.39 is 9.84 Å². The highest BCUT2D eigenvalue weighted by atomic mass is 35.5. The summed E-state index contributed by atoms with van der Waals surface area (Å²) in [6, 6.07) is 1.31. The summed E-state index contributed by atoms with van der Waals surface area (Å²) in [6.45, 7) is 0. The molecule has 5 nitrogen and oxygen atoms in total. The van der Waals surface area contributed by atoms with Crippen LogP contribution >= 0.6 is 23.4 Å². The first-order valence-electron chi connectivity index (χ1n) is 4.74. The van der Waals surface area contributed by atoms with E-state index in [9.17, 15) is 8.42 Å². The van der Waals surface area contributed by atoms with E-state index in [-0.39, 0.29) is 11.8 Å². The van der Waals surface area contributed by atoms with E-state index in [4.69, 9.17) is 11.6 Å². The Morgan fingerprint density at radius 3 is 2.88 bits per heavy atom. The van der Waals surface area contributed by atoms with E-state index in [0.717, 1.165) is 0 Å². The maximum absolute atomic E-state index is 11.2. The molecule has 1 atom stereocenters. The quantitative estimate of drug-likeness (QED) is 0.518. The highest BCUT2D eigenvalue weighted by molar-refractivity contribution is 7.98. The number of anilines is 1. The van der Waals surface area contributed by atoms with E-state index >= 15 is 0 Å². The lowest BCUT2D eigenvalue weighted by Gasteiger charge is -2.11. The number of hydrogen-bond acceptors (Lipinski definition) is 6. The average molecular weight is 292 g/mol. The minimum absolute atomic E-state index is 0.0449. The summed E-state index contributed by atoms with van der Waals surface area (Å²) in [7, 11) is -3.07. The molecule has 0 aliphatic carbocycles. The molecule has 1 N–H and O–H groups in total. The highest BCUT2D eigenvalue weighted by Crippen LogP contribution is 2.19. The van der Waals surface area contributed by atoms with Crippen LogP contribution in [0.15, 0.2) is 22.7 Å². The molecule has 1 aliphatic rings. The normalized spacial score (nSPS) is 21.6. The fraction of sp³-hybridized carbons (Fsp3) is 0.333. The van der Waals surface area contributed by atoms with Gasteiger partial charge in [0.15, 0.2) is 15.0 Å². The maximum atomic E-state index is 11.2.